The summed E-state index contributed by atoms with van der Waals surface area (Å²) in [4.78, 5) is 37.8. The molecule has 1 atom stereocenters. The van der Waals surface area contributed by atoms with Crippen molar-refractivity contribution in [3.05, 3.63) is 36.5 Å². The second-order valence-corrected chi connectivity index (χ2v) is 21.3. The Labute approximate surface area is 442 Å². The van der Waals surface area contributed by atoms with Gasteiger partial charge in [0.05, 0.1) is 0 Å². The highest BCUT2D eigenvalue weighted by Gasteiger charge is 2.19. The monoisotopic (exact) mass is 997 g/mol. The van der Waals surface area contributed by atoms with Crippen LogP contribution in [0.2, 0.25) is 0 Å². The number of hydrogen-bond acceptors (Lipinski definition) is 6. The van der Waals surface area contributed by atoms with Crippen molar-refractivity contribution in [1.82, 2.24) is 0 Å². The third-order valence-corrected chi connectivity index (χ3v) is 14.2. The highest BCUT2D eigenvalue weighted by atomic mass is 16.6. The summed E-state index contributed by atoms with van der Waals surface area (Å²) >= 11 is 0. The Morgan fingerprint density at radius 2 is 0.549 bits per heavy atom. The van der Waals surface area contributed by atoms with E-state index in [-0.39, 0.29) is 31.1 Å². The lowest BCUT2D eigenvalue weighted by atomic mass is 10.0. The van der Waals surface area contributed by atoms with Crippen LogP contribution in [0.3, 0.4) is 0 Å². The van der Waals surface area contributed by atoms with Crippen molar-refractivity contribution in [3.8, 4) is 0 Å². The molecule has 0 rings (SSSR count). The van der Waals surface area contributed by atoms with Gasteiger partial charge in [-0.25, -0.2) is 0 Å². The Bertz CT molecular complexity index is 1190. The molecule has 6 nitrogen and oxygen atoms in total. The van der Waals surface area contributed by atoms with Gasteiger partial charge in [0.1, 0.15) is 13.2 Å². The van der Waals surface area contributed by atoms with Crippen LogP contribution in [0, 0.1) is 0 Å². The molecule has 0 aliphatic carbocycles. The molecule has 1 unspecified atom stereocenters. The minimum Gasteiger partial charge on any atom is -0.462 e. The molecule has 0 aromatic carbocycles. The number of esters is 3. The van der Waals surface area contributed by atoms with Crippen molar-refractivity contribution in [2.24, 2.45) is 0 Å². The fourth-order valence-corrected chi connectivity index (χ4v) is 9.46. The van der Waals surface area contributed by atoms with Gasteiger partial charge >= 0.3 is 17.9 Å². The average Bonchev–Trinajstić information content (AvgIpc) is 3.37. The zero-order chi connectivity index (χ0) is 51.4. The lowest BCUT2D eigenvalue weighted by Crippen LogP contribution is -2.30. The number of hydrogen-bond donors (Lipinski definition) is 0. The number of carbonyl (C=O) groups is 3. The van der Waals surface area contributed by atoms with E-state index in [0.29, 0.717) is 19.3 Å². The second kappa shape index (κ2) is 60.2. The molecule has 416 valence electrons. The van der Waals surface area contributed by atoms with Gasteiger partial charge in [0.15, 0.2) is 6.10 Å². The second-order valence-electron chi connectivity index (χ2n) is 21.3. The smallest absolute Gasteiger partial charge is 0.306 e. The van der Waals surface area contributed by atoms with E-state index < -0.39 is 6.10 Å². The summed E-state index contributed by atoms with van der Waals surface area (Å²) in [6, 6.07) is 0. The van der Waals surface area contributed by atoms with Crippen molar-refractivity contribution in [1.29, 1.82) is 0 Å². The Morgan fingerprint density at radius 1 is 0.296 bits per heavy atom. The maximum atomic E-state index is 12.8. The predicted octanol–water partition coefficient (Wildman–Crippen LogP) is 21.2. The number of ether oxygens (including phenoxy) is 3. The van der Waals surface area contributed by atoms with E-state index >= 15 is 0 Å². The zero-order valence-electron chi connectivity index (χ0n) is 47.8. The molecule has 0 aliphatic rings. The lowest BCUT2D eigenvalue weighted by molar-refractivity contribution is -0.167. The van der Waals surface area contributed by atoms with Gasteiger partial charge in [-0.05, 0) is 51.4 Å². The van der Waals surface area contributed by atoms with Gasteiger partial charge in [-0.15, -0.1) is 0 Å². The SMILES string of the molecule is CC/C=C\C/C=C\C/C=C\CCCCCCCC(=O)OC(COC(=O)CCCCCCC)COC(=O)CCCCCCCCCCCCCCCCCCCCCCCCCCCCCCCCCCC. The highest BCUT2D eigenvalue weighted by Crippen LogP contribution is 2.18. The van der Waals surface area contributed by atoms with E-state index in [4.69, 9.17) is 14.2 Å². The first kappa shape index (κ1) is 68.6. The molecule has 0 heterocycles. The van der Waals surface area contributed by atoms with Crippen molar-refractivity contribution in [3.63, 3.8) is 0 Å². The van der Waals surface area contributed by atoms with E-state index in [1.165, 1.54) is 199 Å². The summed E-state index contributed by atoms with van der Waals surface area (Å²) in [7, 11) is 0. The van der Waals surface area contributed by atoms with Crippen LogP contribution in [-0.2, 0) is 28.6 Å². The van der Waals surface area contributed by atoms with Crippen molar-refractivity contribution in [2.75, 3.05) is 13.2 Å². The van der Waals surface area contributed by atoms with Crippen LogP contribution in [0.25, 0.3) is 0 Å². The van der Waals surface area contributed by atoms with Crippen LogP contribution in [0.5, 0.6) is 0 Å². The molecule has 0 aliphatic heterocycles. The lowest BCUT2D eigenvalue weighted by Gasteiger charge is -2.18. The highest BCUT2D eigenvalue weighted by molar-refractivity contribution is 5.71. The van der Waals surface area contributed by atoms with Crippen LogP contribution < -0.4 is 0 Å². The fraction of sp³-hybridized carbons (Fsp3) is 0.862. The quantitative estimate of drug-likeness (QED) is 0.0261. The Morgan fingerprint density at radius 3 is 0.859 bits per heavy atom. The number of allylic oxidation sites excluding steroid dienone is 6. The van der Waals surface area contributed by atoms with Gasteiger partial charge in [-0.2, -0.15) is 0 Å². The Balaban J connectivity index is 3.86. The van der Waals surface area contributed by atoms with E-state index in [0.717, 1.165) is 103 Å². The number of rotatable bonds is 58. The minimum atomic E-state index is -0.775. The van der Waals surface area contributed by atoms with Crippen molar-refractivity contribution in [2.45, 2.75) is 348 Å². The molecule has 0 saturated carbocycles. The summed E-state index contributed by atoms with van der Waals surface area (Å²) in [6.07, 6.45) is 73.8. The molecule has 71 heavy (non-hydrogen) atoms. The topological polar surface area (TPSA) is 78.9 Å². The molecular formula is C65H120O6. The molecular weight excluding hydrogens is 877 g/mol. The van der Waals surface area contributed by atoms with Gasteiger partial charge in [-0.3, -0.25) is 14.4 Å². The summed E-state index contributed by atoms with van der Waals surface area (Å²) in [5.41, 5.74) is 0. The molecule has 6 heteroatoms. The summed E-state index contributed by atoms with van der Waals surface area (Å²) in [6.45, 7) is 6.47. The van der Waals surface area contributed by atoms with Crippen LogP contribution in [0.1, 0.15) is 342 Å². The van der Waals surface area contributed by atoms with E-state index in [2.05, 4.69) is 57.2 Å². The third kappa shape index (κ3) is 58.4. The molecule has 0 spiro atoms. The van der Waals surface area contributed by atoms with Crippen LogP contribution in [0.4, 0.5) is 0 Å². The summed E-state index contributed by atoms with van der Waals surface area (Å²) < 4.78 is 16.7. The minimum absolute atomic E-state index is 0.0762. The van der Waals surface area contributed by atoms with Crippen LogP contribution in [0.15, 0.2) is 36.5 Å². The molecule has 0 aromatic rings. The van der Waals surface area contributed by atoms with E-state index in [1.807, 2.05) is 0 Å². The van der Waals surface area contributed by atoms with Gasteiger partial charge in [0.25, 0.3) is 0 Å². The average molecular weight is 998 g/mol. The van der Waals surface area contributed by atoms with Gasteiger partial charge in [0, 0.05) is 19.3 Å². The molecule has 0 bridgehead atoms. The third-order valence-electron chi connectivity index (χ3n) is 14.2. The van der Waals surface area contributed by atoms with Gasteiger partial charge in [-0.1, -0.05) is 308 Å². The first-order chi connectivity index (χ1) is 35.0. The van der Waals surface area contributed by atoms with Gasteiger partial charge < -0.3 is 14.2 Å². The normalized spacial score (nSPS) is 12.2. The Kier molecular flexibility index (Phi) is 58.2. The van der Waals surface area contributed by atoms with Gasteiger partial charge in [0.2, 0.25) is 0 Å². The Hall–Kier alpha value is -2.37. The van der Waals surface area contributed by atoms with Crippen molar-refractivity contribution >= 4 is 17.9 Å². The molecule has 0 amide bonds. The molecule has 0 N–H and O–H groups in total. The summed E-state index contributed by atoms with van der Waals surface area (Å²) in [5, 5.41) is 0. The maximum absolute atomic E-state index is 12.8. The maximum Gasteiger partial charge on any atom is 0.306 e. The zero-order valence-corrected chi connectivity index (χ0v) is 47.8. The van der Waals surface area contributed by atoms with E-state index in [1.54, 1.807) is 0 Å². The molecule has 0 aromatic heterocycles. The molecule has 0 saturated heterocycles. The first-order valence-corrected chi connectivity index (χ1v) is 31.5. The number of carbonyl (C=O) groups excluding carboxylic acids is 3. The summed E-state index contributed by atoms with van der Waals surface area (Å²) in [5.74, 6) is -0.893. The predicted molar refractivity (Wildman–Crippen MR) is 307 cm³/mol. The molecule has 0 fully saturated rings. The van der Waals surface area contributed by atoms with Crippen molar-refractivity contribution < 1.29 is 28.6 Å². The first-order valence-electron chi connectivity index (χ1n) is 31.5. The largest absolute Gasteiger partial charge is 0.462 e. The van der Waals surface area contributed by atoms with E-state index in [9.17, 15) is 14.4 Å². The van der Waals surface area contributed by atoms with Crippen LogP contribution >= 0.6 is 0 Å². The fourth-order valence-electron chi connectivity index (χ4n) is 9.46. The standard InChI is InChI=1S/C65H120O6/c1-4-7-10-13-15-17-19-21-23-24-25-26-27-28-29-30-31-32-33-34-35-36-37-38-39-40-42-43-45-47-49-52-55-58-64(67)70-61-62(60-69-63(66)57-54-51-12-9-6-3)71-65(68)59-56-53-50-48-46-44-41-22-20-18-16-14-11-8-5-2/h8,11,16,18,22,41,62H,4-7,9-10,12-15,17,19-21,23-40,42-61H2,1-3H3/b11-8-,18-16-,41-22-. The van der Waals surface area contributed by atoms with Crippen LogP contribution in [-0.4, -0.2) is 37.2 Å². The molecule has 0 radical (unpaired) electrons. The number of unbranched alkanes of at least 4 members (excludes halogenated alkanes) is 41.